The monoisotopic (exact) mass is 594 g/mol. The second kappa shape index (κ2) is 14.6. The lowest BCUT2D eigenvalue weighted by atomic mass is 9.66. The number of hydrogen-bond donors (Lipinski definition) is 1. The average molecular weight is 595 g/mol. The number of ether oxygens (including phenoxy) is 1. The summed E-state index contributed by atoms with van der Waals surface area (Å²) in [7, 11) is 0. The molecule has 0 atom stereocenters. The van der Waals surface area contributed by atoms with Crippen molar-refractivity contribution in [3.05, 3.63) is 94.7 Å². The van der Waals surface area contributed by atoms with Crippen LogP contribution in [0.25, 0.3) is 21.8 Å². The number of aromatic nitrogens is 2. The van der Waals surface area contributed by atoms with Gasteiger partial charge < -0.3 is 19.0 Å². The number of fused-ring (bicyclic) bond motifs is 2. The summed E-state index contributed by atoms with van der Waals surface area (Å²) in [4.78, 5) is 0. The van der Waals surface area contributed by atoms with Crippen LogP contribution in [0, 0.1) is 13.8 Å². The molecule has 0 fully saturated rings. The Bertz CT molecular complexity index is 1520. The van der Waals surface area contributed by atoms with Crippen molar-refractivity contribution < 1.29 is 9.84 Å². The second-order valence-corrected chi connectivity index (χ2v) is 12.9. The molecule has 0 saturated carbocycles. The molecule has 2 heterocycles. The molecule has 1 N–H and O–H groups in total. The number of aliphatic hydroxyl groups is 1. The van der Waals surface area contributed by atoms with Crippen molar-refractivity contribution in [1.82, 2.24) is 9.13 Å². The van der Waals surface area contributed by atoms with Gasteiger partial charge in [-0.25, -0.2) is 0 Å². The smallest absolute Gasteiger partial charge is 0.112 e. The second-order valence-electron chi connectivity index (χ2n) is 12.9. The highest BCUT2D eigenvalue weighted by Gasteiger charge is 2.48. The molecule has 1 aliphatic rings. The highest BCUT2D eigenvalue weighted by molar-refractivity contribution is 5.93. The lowest BCUT2D eigenvalue weighted by Gasteiger charge is -2.39. The van der Waals surface area contributed by atoms with Crippen molar-refractivity contribution in [3.8, 4) is 0 Å². The van der Waals surface area contributed by atoms with Crippen molar-refractivity contribution in [1.29, 1.82) is 0 Å². The summed E-state index contributed by atoms with van der Waals surface area (Å²) in [5.41, 5.74) is 6.98. The first kappa shape index (κ1) is 32.0. The number of para-hydroxylation sites is 2. The highest BCUT2D eigenvalue weighted by Crippen LogP contribution is 2.54. The van der Waals surface area contributed by atoms with E-state index in [-0.39, 0.29) is 0 Å². The van der Waals surface area contributed by atoms with Gasteiger partial charge in [-0.05, 0) is 68.5 Å². The highest BCUT2D eigenvalue weighted by atomic mass is 16.5. The van der Waals surface area contributed by atoms with Gasteiger partial charge in [0.1, 0.15) is 5.76 Å². The van der Waals surface area contributed by atoms with Gasteiger partial charge in [-0.3, -0.25) is 0 Å². The third-order valence-electron chi connectivity index (χ3n) is 9.84. The van der Waals surface area contributed by atoms with E-state index in [0.29, 0.717) is 18.8 Å². The van der Waals surface area contributed by atoms with Crippen LogP contribution in [0.15, 0.2) is 72.2 Å². The Morgan fingerprint density at radius 2 is 1.16 bits per heavy atom. The molecule has 5 rings (SSSR count). The molecule has 4 heteroatoms. The third kappa shape index (κ3) is 5.97. The van der Waals surface area contributed by atoms with Crippen molar-refractivity contribution in [2.45, 2.75) is 124 Å². The minimum absolute atomic E-state index is 0.409. The van der Waals surface area contributed by atoms with Crippen LogP contribution in [-0.2, 0) is 23.2 Å². The van der Waals surface area contributed by atoms with Gasteiger partial charge >= 0.3 is 0 Å². The van der Waals surface area contributed by atoms with E-state index in [1.165, 1.54) is 76.4 Å². The number of allylic oxidation sites excluding steroid dienone is 4. The standard InChI is InChI=1S/C40H54N2O2/c1-6-9-12-13-14-19-28-44-37-25-24-32(43)29-40(37,38-30(4)41(26-10-7-2)35-22-17-15-20-33(35)38)39-31(5)42(27-11-8-3)36-23-18-16-21-34(36)39/h15-18,20-25,43H,6-14,19,26-29H2,1-5H3. The summed E-state index contributed by atoms with van der Waals surface area (Å²) in [5, 5.41) is 14.0. The lowest BCUT2D eigenvalue weighted by Crippen LogP contribution is -2.35. The Hall–Kier alpha value is -3.40. The fourth-order valence-electron chi connectivity index (χ4n) is 7.66. The summed E-state index contributed by atoms with van der Waals surface area (Å²) in [5.74, 6) is 1.37. The number of aliphatic hydroxyl groups excluding tert-OH is 1. The molecule has 44 heavy (non-hydrogen) atoms. The predicted molar refractivity (Wildman–Crippen MR) is 187 cm³/mol. The number of hydrogen-bond acceptors (Lipinski definition) is 2. The normalized spacial score (nSPS) is 14.8. The molecule has 0 radical (unpaired) electrons. The van der Waals surface area contributed by atoms with Crippen LogP contribution in [0.2, 0.25) is 0 Å². The van der Waals surface area contributed by atoms with Gasteiger partial charge in [-0.1, -0.05) is 102 Å². The number of nitrogens with zero attached hydrogens (tertiary/aromatic N) is 2. The van der Waals surface area contributed by atoms with Crippen LogP contribution in [0.3, 0.4) is 0 Å². The zero-order valence-electron chi connectivity index (χ0n) is 27.9. The molecule has 0 aliphatic heterocycles. The predicted octanol–water partition coefficient (Wildman–Crippen LogP) is 11.2. The van der Waals surface area contributed by atoms with E-state index in [2.05, 4.69) is 98.4 Å². The van der Waals surface area contributed by atoms with Gasteiger partial charge in [0.25, 0.3) is 0 Å². The van der Waals surface area contributed by atoms with Gasteiger partial charge in [0.05, 0.1) is 17.8 Å². The van der Waals surface area contributed by atoms with Gasteiger partial charge in [0.2, 0.25) is 0 Å². The Kier molecular flexibility index (Phi) is 10.6. The third-order valence-corrected chi connectivity index (χ3v) is 9.84. The Labute approximate surface area is 265 Å². The molecule has 2 aromatic carbocycles. The van der Waals surface area contributed by atoms with E-state index in [4.69, 9.17) is 4.74 Å². The molecule has 0 unspecified atom stereocenters. The number of aryl methyl sites for hydroxylation is 2. The van der Waals surface area contributed by atoms with E-state index < -0.39 is 5.41 Å². The van der Waals surface area contributed by atoms with Crippen LogP contribution in [-0.4, -0.2) is 20.8 Å². The first-order valence-electron chi connectivity index (χ1n) is 17.4. The summed E-state index contributed by atoms with van der Waals surface area (Å²) in [6, 6.07) is 17.8. The van der Waals surface area contributed by atoms with E-state index in [9.17, 15) is 5.11 Å². The van der Waals surface area contributed by atoms with Crippen LogP contribution in [0.1, 0.15) is 114 Å². The number of unbranched alkanes of at least 4 members (excludes halogenated alkanes) is 7. The fourth-order valence-corrected chi connectivity index (χ4v) is 7.66. The van der Waals surface area contributed by atoms with Gasteiger partial charge in [0, 0.05) is 52.7 Å². The van der Waals surface area contributed by atoms with Crippen LogP contribution in [0.5, 0.6) is 0 Å². The lowest BCUT2D eigenvalue weighted by molar-refractivity contribution is 0.159. The van der Waals surface area contributed by atoms with Crippen LogP contribution < -0.4 is 0 Å². The van der Waals surface area contributed by atoms with Gasteiger partial charge in [-0.2, -0.15) is 0 Å². The Morgan fingerprint density at radius 3 is 1.70 bits per heavy atom. The minimum Gasteiger partial charge on any atom is -0.512 e. The Balaban J connectivity index is 1.75. The molecule has 0 bridgehead atoms. The van der Waals surface area contributed by atoms with Crippen LogP contribution >= 0.6 is 0 Å². The van der Waals surface area contributed by atoms with E-state index in [1.54, 1.807) is 0 Å². The van der Waals surface area contributed by atoms with Crippen molar-refractivity contribution in [3.63, 3.8) is 0 Å². The summed E-state index contributed by atoms with van der Waals surface area (Å²) >= 11 is 0. The quantitative estimate of drug-likeness (QED) is 0.131. The molecule has 236 valence electrons. The maximum atomic E-state index is 11.4. The zero-order valence-corrected chi connectivity index (χ0v) is 27.9. The summed E-state index contributed by atoms with van der Waals surface area (Å²) in [6.07, 6.45) is 16.3. The van der Waals surface area contributed by atoms with Gasteiger partial charge in [0.15, 0.2) is 0 Å². The largest absolute Gasteiger partial charge is 0.512 e. The Morgan fingerprint density at radius 1 is 0.659 bits per heavy atom. The van der Waals surface area contributed by atoms with Crippen LogP contribution in [0.4, 0.5) is 0 Å². The van der Waals surface area contributed by atoms with E-state index in [1.807, 2.05) is 6.08 Å². The SMILES string of the molecule is CCCCCCCCOC1=CC=C(O)CC1(c1c(C)n(CCCC)c2ccccc12)c1c(C)n(CCCC)c2ccccc12. The molecule has 2 aromatic heterocycles. The minimum atomic E-state index is -0.649. The molecule has 4 aromatic rings. The van der Waals surface area contributed by atoms with E-state index in [0.717, 1.165) is 51.0 Å². The first-order valence-corrected chi connectivity index (χ1v) is 17.4. The molecular formula is C40H54N2O2. The molecule has 0 amide bonds. The number of benzene rings is 2. The zero-order chi connectivity index (χ0) is 31.1. The van der Waals surface area contributed by atoms with Crippen molar-refractivity contribution >= 4 is 21.8 Å². The average Bonchev–Trinajstić information content (AvgIpc) is 3.48. The first-order chi connectivity index (χ1) is 21.5. The number of rotatable bonds is 16. The fraction of sp³-hybridized carbons (Fsp3) is 0.500. The van der Waals surface area contributed by atoms with E-state index >= 15 is 0 Å². The molecule has 0 saturated heterocycles. The summed E-state index contributed by atoms with van der Waals surface area (Å²) < 4.78 is 12.0. The maximum Gasteiger partial charge on any atom is 0.112 e. The maximum absolute atomic E-state index is 11.4. The molecule has 1 aliphatic carbocycles. The van der Waals surface area contributed by atoms with Crippen molar-refractivity contribution in [2.75, 3.05) is 6.61 Å². The summed E-state index contributed by atoms with van der Waals surface area (Å²) in [6.45, 7) is 14.0. The van der Waals surface area contributed by atoms with Gasteiger partial charge in [-0.15, -0.1) is 0 Å². The topological polar surface area (TPSA) is 39.3 Å². The molecular weight excluding hydrogens is 540 g/mol. The molecule has 4 nitrogen and oxygen atoms in total. The van der Waals surface area contributed by atoms with Crippen molar-refractivity contribution in [2.24, 2.45) is 0 Å². The molecule has 0 spiro atoms.